The Balaban J connectivity index is 1.79. The van der Waals surface area contributed by atoms with Gasteiger partial charge in [-0.25, -0.2) is 0 Å². The lowest BCUT2D eigenvalue weighted by Gasteiger charge is -2.12. The van der Waals surface area contributed by atoms with Gasteiger partial charge in [0.05, 0.1) is 12.2 Å². The zero-order valence-corrected chi connectivity index (χ0v) is 13.5. The monoisotopic (exact) mass is 321 g/mol. The average Bonchev–Trinajstić information content (AvgIpc) is 2.60. The maximum atomic E-state index is 12.4. The van der Waals surface area contributed by atoms with Gasteiger partial charge in [-0.3, -0.25) is 4.79 Å². The predicted octanol–water partition coefficient (Wildman–Crippen LogP) is 3.87. The number of carbonyl (C=O) groups excluding carboxylic acids is 1. The van der Waals surface area contributed by atoms with Crippen molar-refractivity contribution in [1.29, 1.82) is 0 Å². The van der Waals surface area contributed by atoms with E-state index in [-0.39, 0.29) is 17.2 Å². The maximum Gasteiger partial charge on any atom is 0.255 e. The number of para-hydroxylation sites is 1. The molecule has 0 spiro atoms. The normalized spacial score (nSPS) is 10.5. The molecule has 0 unspecified atom stereocenters. The topological polar surface area (TPSA) is 58.6 Å². The van der Waals surface area contributed by atoms with E-state index in [0.717, 1.165) is 22.1 Å². The maximum absolute atomic E-state index is 12.4. The summed E-state index contributed by atoms with van der Waals surface area (Å²) >= 11 is 0. The van der Waals surface area contributed by atoms with Gasteiger partial charge in [0.2, 0.25) is 0 Å². The summed E-state index contributed by atoms with van der Waals surface area (Å²) in [5.74, 6) is 0.414. The minimum atomic E-state index is -0.315. The number of hydrogen-bond donors (Lipinski definition) is 2. The largest absolute Gasteiger partial charge is 0.507 e. The molecule has 0 fully saturated rings. The van der Waals surface area contributed by atoms with E-state index < -0.39 is 0 Å². The molecular formula is C20H19NO3. The Labute approximate surface area is 140 Å². The van der Waals surface area contributed by atoms with E-state index in [4.69, 9.17) is 4.74 Å². The van der Waals surface area contributed by atoms with Crippen molar-refractivity contribution < 1.29 is 14.6 Å². The van der Waals surface area contributed by atoms with Gasteiger partial charge in [-0.15, -0.1) is 0 Å². The van der Waals surface area contributed by atoms with Crippen molar-refractivity contribution in [3.05, 3.63) is 71.8 Å². The molecule has 122 valence electrons. The standard InChI is InChI=1S/C20H19NO3/c1-2-24-19-10-6-5-9-16(19)13-21-20(23)17-11-14-7-3-4-8-15(14)12-18(17)22/h3-12,22H,2,13H2,1H3,(H,21,23). The fourth-order valence-corrected chi connectivity index (χ4v) is 2.63. The van der Waals surface area contributed by atoms with Crippen LogP contribution in [-0.4, -0.2) is 17.6 Å². The van der Waals surface area contributed by atoms with Crippen LogP contribution in [0.3, 0.4) is 0 Å². The van der Waals surface area contributed by atoms with Crippen LogP contribution in [0.5, 0.6) is 11.5 Å². The Hall–Kier alpha value is -3.01. The lowest BCUT2D eigenvalue weighted by Crippen LogP contribution is -2.23. The highest BCUT2D eigenvalue weighted by atomic mass is 16.5. The molecule has 0 saturated heterocycles. The first-order valence-electron chi connectivity index (χ1n) is 7.89. The van der Waals surface area contributed by atoms with Crippen LogP contribution in [0, 0.1) is 0 Å². The Morgan fingerprint density at radius 3 is 2.46 bits per heavy atom. The first-order chi connectivity index (χ1) is 11.7. The molecule has 0 aliphatic rings. The van der Waals surface area contributed by atoms with Crippen LogP contribution in [0.1, 0.15) is 22.8 Å². The van der Waals surface area contributed by atoms with Crippen molar-refractivity contribution in [2.75, 3.05) is 6.61 Å². The van der Waals surface area contributed by atoms with Crippen LogP contribution in [0.4, 0.5) is 0 Å². The number of fused-ring (bicyclic) bond motifs is 1. The van der Waals surface area contributed by atoms with E-state index in [1.165, 1.54) is 0 Å². The second kappa shape index (κ2) is 7.04. The van der Waals surface area contributed by atoms with Crippen LogP contribution in [-0.2, 0) is 6.54 Å². The van der Waals surface area contributed by atoms with Crippen LogP contribution >= 0.6 is 0 Å². The molecule has 4 heteroatoms. The number of hydrogen-bond acceptors (Lipinski definition) is 3. The number of aromatic hydroxyl groups is 1. The van der Waals surface area contributed by atoms with Crippen molar-refractivity contribution in [2.45, 2.75) is 13.5 Å². The van der Waals surface area contributed by atoms with E-state index in [0.29, 0.717) is 13.2 Å². The highest BCUT2D eigenvalue weighted by Gasteiger charge is 2.13. The van der Waals surface area contributed by atoms with Crippen LogP contribution < -0.4 is 10.1 Å². The molecule has 3 aromatic rings. The summed E-state index contributed by atoms with van der Waals surface area (Å²) in [6.07, 6.45) is 0. The molecule has 3 rings (SSSR count). The molecule has 0 aliphatic carbocycles. The average molecular weight is 321 g/mol. The molecule has 24 heavy (non-hydrogen) atoms. The summed E-state index contributed by atoms with van der Waals surface area (Å²) in [5, 5.41) is 14.8. The Kier molecular flexibility index (Phi) is 4.66. The second-order valence-electron chi connectivity index (χ2n) is 5.44. The summed E-state index contributed by atoms with van der Waals surface area (Å²) < 4.78 is 5.56. The summed E-state index contributed by atoms with van der Waals surface area (Å²) in [7, 11) is 0. The number of phenols is 1. The number of carbonyl (C=O) groups is 1. The summed E-state index contributed by atoms with van der Waals surface area (Å²) in [6.45, 7) is 2.82. The highest BCUT2D eigenvalue weighted by molar-refractivity contribution is 6.01. The van der Waals surface area contributed by atoms with Gasteiger partial charge in [-0.05, 0) is 35.9 Å². The quantitative estimate of drug-likeness (QED) is 0.750. The third-order valence-electron chi connectivity index (χ3n) is 3.82. The molecule has 0 aliphatic heterocycles. The van der Waals surface area contributed by atoms with Crippen LogP contribution in [0.25, 0.3) is 10.8 Å². The molecule has 0 atom stereocenters. The zero-order chi connectivity index (χ0) is 16.9. The third-order valence-corrected chi connectivity index (χ3v) is 3.82. The highest BCUT2D eigenvalue weighted by Crippen LogP contribution is 2.25. The number of nitrogens with one attached hydrogen (secondary N) is 1. The fourth-order valence-electron chi connectivity index (χ4n) is 2.63. The van der Waals surface area contributed by atoms with Gasteiger partial charge < -0.3 is 15.2 Å². The van der Waals surface area contributed by atoms with Gasteiger partial charge in [0, 0.05) is 12.1 Å². The van der Waals surface area contributed by atoms with Crippen molar-refractivity contribution in [1.82, 2.24) is 5.32 Å². The summed E-state index contributed by atoms with van der Waals surface area (Å²) in [4.78, 5) is 12.4. The Bertz CT molecular complexity index is 874. The zero-order valence-electron chi connectivity index (χ0n) is 13.5. The van der Waals surface area contributed by atoms with Crippen molar-refractivity contribution in [3.8, 4) is 11.5 Å². The van der Waals surface area contributed by atoms with E-state index >= 15 is 0 Å². The Morgan fingerprint density at radius 2 is 1.71 bits per heavy atom. The van der Waals surface area contributed by atoms with Gasteiger partial charge in [-0.1, -0.05) is 42.5 Å². The lowest BCUT2D eigenvalue weighted by molar-refractivity contribution is 0.0948. The van der Waals surface area contributed by atoms with E-state index in [9.17, 15) is 9.90 Å². The van der Waals surface area contributed by atoms with Crippen LogP contribution in [0.2, 0.25) is 0 Å². The minimum absolute atomic E-state index is 0.0238. The van der Waals surface area contributed by atoms with Gasteiger partial charge in [0.1, 0.15) is 11.5 Å². The molecule has 0 radical (unpaired) electrons. The van der Waals surface area contributed by atoms with Crippen LogP contribution in [0.15, 0.2) is 60.7 Å². The Morgan fingerprint density at radius 1 is 1.04 bits per heavy atom. The molecule has 2 N–H and O–H groups in total. The van der Waals surface area contributed by atoms with Gasteiger partial charge in [-0.2, -0.15) is 0 Å². The smallest absolute Gasteiger partial charge is 0.255 e. The number of phenolic OH excluding ortho intramolecular Hbond substituents is 1. The van der Waals surface area contributed by atoms with Gasteiger partial charge in [0.15, 0.2) is 0 Å². The molecule has 4 nitrogen and oxygen atoms in total. The number of benzene rings is 3. The van der Waals surface area contributed by atoms with Crippen molar-refractivity contribution >= 4 is 16.7 Å². The van der Waals surface area contributed by atoms with E-state index in [1.807, 2.05) is 55.5 Å². The number of rotatable bonds is 5. The van der Waals surface area contributed by atoms with Gasteiger partial charge >= 0.3 is 0 Å². The first-order valence-corrected chi connectivity index (χ1v) is 7.89. The van der Waals surface area contributed by atoms with Crippen molar-refractivity contribution in [2.24, 2.45) is 0 Å². The molecule has 3 aromatic carbocycles. The second-order valence-corrected chi connectivity index (χ2v) is 5.44. The predicted molar refractivity (Wildman–Crippen MR) is 94.4 cm³/mol. The number of amides is 1. The van der Waals surface area contributed by atoms with Gasteiger partial charge in [0.25, 0.3) is 5.91 Å². The minimum Gasteiger partial charge on any atom is -0.507 e. The molecule has 1 amide bonds. The van der Waals surface area contributed by atoms with E-state index in [1.54, 1.807) is 12.1 Å². The molecule has 0 saturated carbocycles. The molecule has 0 heterocycles. The SMILES string of the molecule is CCOc1ccccc1CNC(=O)c1cc2ccccc2cc1O. The fraction of sp³-hybridized carbons (Fsp3) is 0.150. The molecule has 0 bridgehead atoms. The number of ether oxygens (including phenoxy) is 1. The van der Waals surface area contributed by atoms with E-state index in [2.05, 4.69) is 5.32 Å². The third kappa shape index (κ3) is 3.33. The molecule has 0 aromatic heterocycles. The first kappa shape index (κ1) is 15.9. The molecular weight excluding hydrogens is 302 g/mol. The summed E-state index contributed by atoms with van der Waals surface area (Å²) in [5.41, 5.74) is 1.16. The van der Waals surface area contributed by atoms with Crippen molar-refractivity contribution in [3.63, 3.8) is 0 Å². The lowest BCUT2D eigenvalue weighted by atomic mass is 10.1. The summed E-state index contributed by atoms with van der Waals surface area (Å²) in [6, 6.07) is 18.5.